The maximum absolute atomic E-state index is 9.56. The van der Waals surface area contributed by atoms with E-state index in [0.29, 0.717) is 17.2 Å². The first-order valence-electron chi connectivity index (χ1n) is 6.20. The Hall–Kier alpha value is -1.80. The number of rotatable bonds is 2. The van der Waals surface area contributed by atoms with Crippen molar-refractivity contribution in [3.63, 3.8) is 0 Å². The van der Waals surface area contributed by atoms with E-state index < -0.39 is 0 Å². The zero-order valence-electron chi connectivity index (χ0n) is 10.5. The van der Waals surface area contributed by atoms with Gasteiger partial charge in [-0.15, -0.1) is 0 Å². The fourth-order valence-electron chi connectivity index (χ4n) is 2.39. The first-order valence-corrected chi connectivity index (χ1v) is 6.20. The number of aliphatic hydroxyl groups excluding tert-OH is 1. The molecule has 0 saturated carbocycles. The van der Waals surface area contributed by atoms with Crippen LogP contribution in [0.3, 0.4) is 0 Å². The van der Waals surface area contributed by atoms with E-state index in [-0.39, 0.29) is 6.10 Å². The van der Waals surface area contributed by atoms with Crippen molar-refractivity contribution in [3.8, 4) is 6.07 Å². The molecule has 96 valence electrons. The number of piperidine rings is 1. The van der Waals surface area contributed by atoms with Gasteiger partial charge in [-0.25, -0.2) is 4.98 Å². The summed E-state index contributed by atoms with van der Waals surface area (Å²) < 4.78 is 0. The van der Waals surface area contributed by atoms with Crippen LogP contribution in [0.4, 0.5) is 11.5 Å². The van der Waals surface area contributed by atoms with E-state index in [2.05, 4.69) is 9.88 Å². The van der Waals surface area contributed by atoms with Gasteiger partial charge in [-0.05, 0) is 31.7 Å². The molecule has 0 aliphatic carbocycles. The lowest BCUT2D eigenvalue weighted by molar-refractivity contribution is 0.110. The van der Waals surface area contributed by atoms with E-state index >= 15 is 0 Å². The number of nitriles is 1. The van der Waals surface area contributed by atoms with Crippen molar-refractivity contribution in [3.05, 3.63) is 17.8 Å². The molecule has 0 bridgehead atoms. The predicted octanol–water partition coefficient (Wildman–Crippen LogP) is 1.13. The Balaban J connectivity index is 2.08. The lowest BCUT2D eigenvalue weighted by Gasteiger charge is -2.34. The first-order chi connectivity index (χ1) is 8.61. The minimum Gasteiger partial charge on any atom is -0.396 e. The molecule has 2 heterocycles. The van der Waals surface area contributed by atoms with Crippen molar-refractivity contribution >= 4 is 11.5 Å². The number of pyridine rings is 1. The van der Waals surface area contributed by atoms with Gasteiger partial charge in [-0.3, -0.25) is 0 Å². The monoisotopic (exact) mass is 246 g/mol. The van der Waals surface area contributed by atoms with Crippen LogP contribution in [0.1, 0.15) is 25.3 Å². The van der Waals surface area contributed by atoms with Crippen molar-refractivity contribution in [2.24, 2.45) is 5.92 Å². The number of nitrogen functional groups attached to an aromatic ring is 1. The second-order valence-electron chi connectivity index (χ2n) is 4.81. The first kappa shape index (κ1) is 12.7. The molecular weight excluding hydrogens is 228 g/mol. The molecule has 5 heteroatoms. The van der Waals surface area contributed by atoms with Crippen LogP contribution in [-0.2, 0) is 0 Å². The quantitative estimate of drug-likeness (QED) is 0.817. The van der Waals surface area contributed by atoms with Gasteiger partial charge >= 0.3 is 0 Å². The Labute approximate surface area is 107 Å². The van der Waals surface area contributed by atoms with Crippen LogP contribution in [-0.4, -0.2) is 29.3 Å². The van der Waals surface area contributed by atoms with Crippen LogP contribution < -0.4 is 10.6 Å². The van der Waals surface area contributed by atoms with E-state index in [4.69, 9.17) is 11.0 Å². The maximum Gasteiger partial charge on any atom is 0.151 e. The largest absolute Gasteiger partial charge is 0.396 e. The summed E-state index contributed by atoms with van der Waals surface area (Å²) in [6.07, 6.45) is 3.18. The second-order valence-corrected chi connectivity index (χ2v) is 4.81. The smallest absolute Gasteiger partial charge is 0.151 e. The lowest BCUT2D eigenvalue weighted by Crippen LogP contribution is -2.37. The molecule has 1 aliphatic rings. The van der Waals surface area contributed by atoms with Gasteiger partial charge in [0.25, 0.3) is 0 Å². The SMILES string of the molecule is CC(O)C1CCN(c2ncc(C#N)cc2N)CC1. The molecule has 1 saturated heterocycles. The third-order valence-corrected chi connectivity index (χ3v) is 3.55. The van der Waals surface area contributed by atoms with Crippen LogP contribution in [0.15, 0.2) is 12.3 Å². The molecule has 1 aromatic rings. The van der Waals surface area contributed by atoms with Gasteiger partial charge in [0, 0.05) is 19.3 Å². The van der Waals surface area contributed by atoms with E-state index in [1.54, 1.807) is 12.3 Å². The number of aliphatic hydroxyl groups is 1. The third kappa shape index (κ3) is 2.54. The lowest BCUT2D eigenvalue weighted by atomic mass is 9.92. The van der Waals surface area contributed by atoms with Crippen molar-refractivity contribution in [1.29, 1.82) is 5.26 Å². The summed E-state index contributed by atoms with van der Waals surface area (Å²) >= 11 is 0. The third-order valence-electron chi connectivity index (χ3n) is 3.55. The molecule has 1 unspecified atom stereocenters. The number of aromatic nitrogens is 1. The van der Waals surface area contributed by atoms with Crippen LogP contribution in [0.5, 0.6) is 0 Å². The zero-order valence-corrected chi connectivity index (χ0v) is 10.5. The second kappa shape index (κ2) is 5.23. The average Bonchev–Trinajstić information content (AvgIpc) is 2.38. The Bertz CT molecular complexity index is 459. The molecule has 18 heavy (non-hydrogen) atoms. The van der Waals surface area contributed by atoms with Gasteiger partial charge in [-0.2, -0.15) is 5.26 Å². The summed E-state index contributed by atoms with van der Waals surface area (Å²) in [5.41, 5.74) is 6.95. The maximum atomic E-state index is 9.56. The molecule has 1 fully saturated rings. The Morgan fingerprint density at radius 1 is 1.56 bits per heavy atom. The molecule has 2 rings (SSSR count). The van der Waals surface area contributed by atoms with Crippen molar-refractivity contribution in [1.82, 2.24) is 4.98 Å². The molecule has 1 atom stereocenters. The fourth-order valence-corrected chi connectivity index (χ4v) is 2.39. The van der Waals surface area contributed by atoms with E-state index in [1.807, 2.05) is 13.0 Å². The molecule has 0 spiro atoms. The highest BCUT2D eigenvalue weighted by molar-refractivity contribution is 5.64. The highest BCUT2D eigenvalue weighted by atomic mass is 16.3. The van der Waals surface area contributed by atoms with Crippen LogP contribution in [0.25, 0.3) is 0 Å². The Morgan fingerprint density at radius 2 is 2.22 bits per heavy atom. The highest BCUT2D eigenvalue weighted by Crippen LogP contribution is 2.27. The number of hydrogen-bond donors (Lipinski definition) is 2. The molecule has 5 nitrogen and oxygen atoms in total. The molecule has 1 aromatic heterocycles. The molecule has 1 aliphatic heterocycles. The van der Waals surface area contributed by atoms with Gasteiger partial charge in [0.2, 0.25) is 0 Å². The summed E-state index contributed by atoms with van der Waals surface area (Å²) in [7, 11) is 0. The number of nitrogens with zero attached hydrogens (tertiary/aromatic N) is 3. The van der Waals surface area contributed by atoms with E-state index in [0.717, 1.165) is 31.7 Å². The molecule has 0 aromatic carbocycles. The van der Waals surface area contributed by atoms with Gasteiger partial charge in [0.15, 0.2) is 5.82 Å². The average molecular weight is 246 g/mol. The van der Waals surface area contributed by atoms with Gasteiger partial charge in [0.1, 0.15) is 6.07 Å². The van der Waals surface area contributed by atoms with Gasteiger partial charge in [-0.1, -0.05) is 0 Å². The summed E-state index contributed by atoms with van der Waals surface area (Å²) in [4.78, 5) is 6.38. The minimum absolute atomic E-state index is 0.251. The van der Waals surface area contributed by atoms with Gasteiger partial charge < -0.3 is 15.7 Å². The van der Waals surface area contributed by atoms with Crippen molar-refractivity contribution in [2.45, 2.75) is 25.9 Å². The summed E-state index contributed by atoms with van der Waals surface area (Å²) in [6, 6.07) is 3.68. The fraction of sp³-hybridized carbons (Fsp3) is 0.538. The molecular formula is C13H18N4O. The number of hydrogen-bond acceptors (Lipinski definition) is 5. The normalized spacial score (nSPS) is 18.4. The van der Waals surface area contributed by atoms with Crippen LogP contribution in [0, 0.1) is 17.2 Å². The predicted molar refractivity (Wildman–Crippen MR) is 70.0 cm³/mol. The van der Waals surface area contributed by atoms with Crippen LogP contribution >= 0.6 is 0 Å². The molecule has 3 N–H and O–H groups in total. The Morgan fingerprint density at radius 3 is 2.72 bits per heavy atom. The van der Waals surface area contributed by atoms with Crippen molar-refractivity contribution in [2.75, 3.05) is 23.7 Å². The number of anilines is 2. The minimum atomic E-state index is -0.251. The molecule has 0 amide bonds. The zero-order chi connectivity index (χ0) is 13.1. The summed E-state index contributed by atoms with van der Waals surface area (Å²) in [5, 5.41) is 18.3. The summed E-state index contributed by atoms with van der Waals surface area (Å²) in [6.45, 7) is 3.53. The highest BCUT2D eigenvalue weighted by Gasteiger charge is 2.24. The summed E-state index contributed by atoms with van der Waals surface area (Å²) in [5.74, 6) is 1.11. The number of nitrogens with two attached hydrogens (primary N) is 1. The molecule has 0 radical (unpaired) electrons. The topological polar surface area (TPSA) is 86.2 Å². The van der Waals surface area contributed by atoms with Crippen LogP contribution in [0.2, 0.25) is 0 Å². The van der Waals surface area contributed by atoms with E-state index in [1.165, 1.54) is 0 Å². The van der Waals surface area contributed by atoms with Gasteiger partial charge in [0.05, 0.1) is 17.4 Å². The van der Waals surface area contributed by atoms with Crippen molar-refractivity contribution < 1.29 is 5.11 Å². The van der Waals surface area contributed by atoms with E-state index in [9.17, 15) is 5.11 Å². The Kier molecular flexibility index (Phi) is 3.68. The standard InChI is InChI=1S/C13H18N4O/c1-9(18)11-2-4-17(5-3-11)13-12(15)6-10(7-14)8-16-13/h6,8-9,11,18H,2-5,15H2,1H3.